The smallest absolute Gasteiger partial charge is 0.261 e. The molecule has 4 rings (SSSR count). The number of nitrogens with zero attached hydrogens (tertiary/aromatic N) is 1. The standard InChI is InChI=1S/C26H29N3O3S2/c1-18-9-5-6-12-20(18)29(23(30)17-27-25(31)22-14-8-16-34-22)24(21-13-7-15-33-21)26(32)28-19-10-3-2-4-11-19/h5-9,12-16,19,24H,2-4,10-11,17H2,1H3,(H,27,31)(H,28,32)/t24-/m0/s1. The summed E-state index contributed by atoms with van der Waals surface area (Å²) in [7, 11) is 0. The number of hydrogen-bond donors (Lipinski definition) is 2. The first-order valence-electron chi connectivity index (χ1n) is 11.6. The summed E-state index contributed by atoms with van der Waals surface area (Å²) in [6.45, 7) is 1.72. The van der Waals surface area contributed by atoms with E-state index in [0.717, 1.165) is 36.1 Å². The molecular weight excluding hydrogens is 466 g/mol. The highest BCUT2D eigenvalue weighted by atomic mass is 32.1. The minimum absolute atomic E-state index is 0.121. The molecule has 2 aromatic heterocycles. The van der Waals surface area contributed by atoms with Crippen molar-refractivity contribution in [2.45, 2.75) is 51.1 Å². The molecule has 178 valence electrons. The Balaban J connectivity index is 1.64. The van der Waals surface area contributed by atoms with E-state index in [2.05, 4.69) is 10.6 Å². The molecule has 2 heterocycles. The molecule has 1 aliphatic carbocycles. The molecule has 1 aliphatic rings. The molecule has 0 spiro atoms. The number of carbonyl (C=O) groups is 3. The van der Waals surface area contributed by atoms with Crippen molar-refractivity contribution in [1.82, 2.24) is 10.6 Å². The van der Waals surface area contributed by atoms with Crippen LogP contribution >= 0.6 is 22.7 Å². The molecular formula is C26H29N3O3S2. The molecule has 1 aromatic carbocycles. The minimum Gasteiger partial charge on any atom is -0.351 e. The molecule has 3 aromatic rings. The number of anilines is 1. The van der Waals surface area contributed by atoms with Gasteiger partial charge in [0, 0.05) is 16.6 Å². The molecule has 0 bridgehead atoms. The van der Waals surface area contributed by atoms with Crippen LogP contribution in [0.15, 0.2) is 59.3 Å². The van der Waals surface area contributed by atoms with Crippen LogP contribution in [0.1, 0.15) is 58.3 Å². The van der Waals surface area contributed by atoms with Crippen LogP contribution in [-0.2, 0) is 9.59 Å². The molecule has 34 heavy (non-hydrogen) atoms. The van der Waals surface area contributed by atoms with Crippen LogP contribution in [0.5, 0.6) is 0 Å². The van der Waals surface area contributed by atoms with Crippen LogP contribution in [-0.4, -0.2) is 30.3 Å². The van der Waals surface area contributed by atoms with Gasteiger partial charge < -0.3 is 10.6 Å². The monoisotopic (exact) mass is 495 g/mol. The van der Waals surface area contributed by atoms with Crippen molar-refractivity contribution in [3.63, 3.8) is 0 Å². The maximum atomic E-state index is 13.7. The predicted molar refractivity (Wildman–Crippen MR) is 137 cm³/mol. The van der Waals surface area contributed by atoms with E-state index in [-0.39, 0.29) is 30.3 Å². The van der Waals surface area contributed by atoms with Gasteiger partial charge in [0.05, 0.1) is 11.4 Å². The van der Waals surface area contributed by atoms with Gasteiger partial charge in [-0.15, -0.1) is 22.7 Å². The quantitative estimate of drug-likeness (QED) is 0.458. The number of benzene rings is 1. The van der Waals surface area contributed by atoms with Crippen molar-refractivity contribution < 1.29 is 14.4 Å². The number of para-hydroxylation sites is 1. The van der Waals surface area contributed by atoms with Gasteiger partial charge in [0.25, 0.3) is 5.91 Å². The Bertz CT molecular complexity index is 1110. The van der Waals surface area contributed by atoms with E-state index in [1.807, 2.05) is 54.1 Å². The minimum atomic E-state index is -0.811. The second kappa shape index (κ2) is 11.4. The van der Waals surface area contributed by atoms with E-state index in [0.29, 0.717) is 10.6 Å². The number of amides is 3. The summed E-state index contributed by atoms with van der Waals surface area (Å²) in [5.41, 5.74) is 1.54. The van der Waals surface area contributed by atoms with Crippen molar-refractivity contribution >= 4 is 46.1 Å². The maximum Gasteiger partial charge on any atom is 0.261 e. The Labute approximate surface area is 208 Å². The van der Waals surface area contributed by atoms with Crippen molar-refractivity contribution in [2.24, 2.45) is 0 Å². The average molecular weight is 496 g/mol. The molecule has 8 heteroatoms. The lowest BCUT2D eigenvalue weighted by atomic mass is 9.95. The van der Waals surface area contributed by atoms with Gasteiger partial charge in [0.1, 0.15) is 6.04 Å². The number of thiophene rings is 2. The van der Waals surface area contributed by atoms with Crippen LogP contribution in [0.25, 0.3) is 0 Å². The normalized spacial score (nSPS) is 14.9. The first-order chi connectivity index (χ1) is 16.5. The van der Waals surface area contributed by atoms with E-state index in [4.69, 9.17) is 0 Å². The second-order valence-electron chi connectivity index (χ2n) is 8.47. The molecule has 3 amide bonds. The molecule has 6 nitrogen and oxygen atoms in total. The van der Waals surface area contributed by atoms with E-state index in [1.54, 1.807) is 17.0 Å². The lowest BCUT2D eigenvalue weighted by molar-refractivity contribution is -0.126. The van der Waals surface area contributed by atoms with Gasteiger partial charge in [-0.1, -0.05) is 49.6 Å². The van der Waals surface area contributed by atoms with E-state index in [9.17, 15) is 14.4 Å². The first kappa shape index (κ1) is 24.2. The topological polar surface area (TPSA) is 78.5 Å². The second-order valence-corrected chi connectivity index (χ2v) is 10.4. The van der Waals surface area contributed by atoms with Gasteiger partial charge in [0.15, 0.2) is 0 Å². The van der Waals surface area contributed by atoms with Gasteiger partial charge in [-0.05, 0) is 54.3 Å². The van der Waals surface area contributed by atoms with E-state index >= 15 is 0 Å². The fraction of sp³-hybridized carbons (Fsp3) is 0.346. The highest BCUT2D eigenvalue weighted by Gasteiger charge is 2.35. The van der Waals surface area contributed by atoms with Gasteiger partial charge in [-0.25, -0.2) is 0 Å². The molecule has 0 unspecified atom stereocenters. The molecule has 0 radical (unpaired) electrons. The fourth-order valence-corrected chi connectivity index (χ4v) is 5.79. The Hall–Kier alpha value is -2.97. The Morgan fingerprint density at radius 3 is 2.38 bits per heavy atom. The molecule has 1 fully saturated rings. The van der Waals surface area contributed by atoms with Crippen LogP contribution in [0.4, 0.5) is 5.69 Å². The lowest BCUT2D eigenvalue weighted by Crippen LogP contribution is -2.49. The SMILES string of the molecule is Cc1ccccc1N(C(=O)CNC(=O)c1cccs1)[C@H](C(=O)NC1CCCCC1)c1cccs1. The fourth-order valence-electron chi connectivity index (χ4n) is 4.33. The van der Waals surface area contributed by atoms with Crippen molar-refractivity contribution in [3.05, 3.63) is 74.6 Å². The van der Waals surface area contributed by atoms with E-state index < -0.39 is 6.04 Å². The maximum absolute atomic E-state index is 13.7. The average Bonchev–Trinajstić information content (AvgIpc) is 3.57. The predicted octanol–water partition coefficient (Wildman–Crippen LogP) is 5.07. The van der Waals surface area contributed by atoms with Gasteiger partial charge in [-0.3, -0.25) is 19.3 Å². The molecule has 1 atom stereocenters. The summed E-state index contributed by atoms with van der Waals surface area (Å²) in [5.74, 6) is -0.820. The van der Waals surface area contributed by atoms with Crippen LogP contribution in [0, 0.1) is 6.92 Å². The Morgan fingerprint density at radius 2 is 1.71 bits per heavy atom. The van der Waals surface area contributed by atoms with Crippen molar-refractivity contribution in [2.75, 3.05) is 11.4 Å². The number of rotatable bonds is 8. The number of carbonyl (C=O) groups excluding carboxylic acids is 3. The van der Waals surface area contributed by atoms with Crippen molar-refractivity contribution in [1.29, 1.82) is 0 Å². The largest absolute Gasteiger partial charge is 0.351 e. The highest BCUT2D eigenvalue weighted by Crippen LogP contribution is 2.33. The summed E-state index contributed by atoms with van der Waals surface area (Å²) >= 11 is 2.77. The molecule has 1 saturated carbocycles. The molecule has 0 saturated heterocycles. The lowest BCUT2D eigenvalue weighted by Gasteiger charge is -2.33. The van der Waals surface area contributed by atoms with Gasteiger partial charge in [-0.2, -0.15) is 0 Å². The third-order valence-electron chi connectivity index (χ3n) is 6.06. The van der Waals surface area contributed by atoms with Crippen molar-refractivity contribution in [3.8, 4) is 0 Å². The number of nitrogens with one attached hydrogen (secondary N) is 2. The Kier molecular flexibility index (Phi) is 8.13. The zero-order valence-corrected chi connectivity index (χ0v) is 20.8. The summed E-state index contributed by atoms with van der Waals surface area (Å²) in [5, 5.41) is 9.66. The number of aryl methyl sites for hydroxylation is 1. The zero-order chi connectivity index (χ0) is 23.9. The summed E-state index contributed by atoms with van der Waals surface area (Å²) in [4.78, 5) is 42.7. The summed E-state index contributed by atoms with van der Waals surface area (Å²) < 4.78 is 0. The summed E-state index contributed by atoms with van der Waals surface area (Å²) in [6, 6.07) is 14.1. The third kappa shape index (κ3) is 5.74. The van der Waals surface area contributed by atoms with Crippen LogP contribution < -0.4 is 15.5 Å². The molecule has 2 N–H and O–H groups in total. The summed E-state index contributed by atoms with van der Waals surface area (Å²) in [6.07, 6.45) is 5.31. The first-order valence-corrected chi connectivity index (χ1v) is 13.3. The van der Waals surface area contributed by atoms with Crippen LogP contribution in [0.3, 0.4) is 0 Å². The molecule has 0 aliphatic heterocycles. The zero-order valence-electron chi connectivity index (χ0n) is 19.2. The van der Waals surface area contributed by atoms with Gasteiger partial charge >= 0.3 is 0 Å². The van der Waals surface area contributed by atoms with E-state index in [1.165, 1.54) is 29.1 Å². The highest BCUT2D eigenvalue weighted by molar-refractivity contribution is 7.12. The van der Waals surface area contributed by atoms with Gasteiger partial charge in [0.2, 0.25) is 11.8 Å². The number of hydrogen-bond acceptors (Lipinski definition) is 5. The Morgan fingerprint density at radius 1 is 0.971 bits per heavy atom. The third-order valence-corrected chi connectivity index (χ3v) is 7.85. The van der Waals surface area contributed by atoms with Crippen LogP contribution in [0.2, 0.25) is 0 Å².